The minimum Gasteiger partial charge on any atom is -0.463 e. The fourth-order valence-electron chi connectivity index (χ4n) is 1.67. The first-order chi connectivity index (χ1) is 10.4. The topological polar surface area (TPSA) is 105 Å². The molecule has 0 fully saturated rings. The van der Waals surface area contributed by atoms with E-state index in [1.54, 1.807) is 12.1 Å². The molecule has 9 heteroatoms. The lowest BCUT2D eigenvalue weighted by molar-refractivity contribution is -0.121. The molecular formula is C13H16N4O4S. The van der Waals surface area contributed by atoms with Crippen LogP contribution in [-0.4, -0.2) is 48.4 Å². The summed E-state index contributed by atoms with van der Waals surface area (Å²) in [6, 6.07) is 3.47. The number of furan rings is 1. The molecule has 0 aliphatic rings. The number of likely N-dealkylation sites (N-methyl/N-ethyl adjacent to an activating group) is 1. The third kappa shape index (κ3) is 4.12. The molecule has 0 atom stereocenters. The molecule has 2 aromatic heterocycles. The van der Waals surface area contributed by atoms with E-state index in [4.69, 9.17) is 4.42 Å². The summed E-state index contributed by atoms with van der Waals surface area (Å²) < 4.78 is 28.8. The highest BCUT2D eigenvalue weighted by molar-refractivity contribution is 7.88. The molecule has 2 aromatic rings. The maximum atomic E-state index is 11.8. The molecule has 0 unspecified atom stereocenters. The summed E-state index contributed by atoms with van der Waals surface area (Å²) in [6.45, 7) is -0.129. The molecule has 0 radical (unpaired) electrons. The van der Waals surface area contributed by atoms with Crippen LogP contribution in [0.4, 0.5) is 0 Å². The van der Waals surface area contributed by atoms with Gasteiger partial charge in [-0.25, -0.2) is 13.4 Å². The molecule has 8 nitrogen and oxygen atoms in total. The van der Waals surface area contributed by atoms with Gasteiger partial charge < -0.3 is 9.73 Å². The molecule has 0 aliphatic heterocycles. The molecule has 2 rings (SSSR count). The lowest BCUT2D eigenvalue weighted by Crippen LogP contribution is -2.37. The number of hydrogen-bond donors (Lipinski definition) is 1. The second kappa shape index (κ2) is 6.67. The Morgan fingerprint density at radius 1 is 1.36 bits per heavy atom. The first-order valence-electron chi connectivity index (χ1n) is 6.39. The van der Waals surface area contributed by atoms with Crippen LogP contribution in [0.15, 0.2) is 35.2 Å². The minimum atomic E-state index is -3.39. The number of nitrogens with zero attached hydrogens (tertiary/aromatic N) is 3. The number of sulfonamides is 1. The Morgan fingerprint density at radius 3 is 2.73 bits per heavy atom. The van der Waals surface area contributed by atoms with E-state index in [1.165, 1.54) is 25.7 Å². The molecule has 0 aromatic carbocycles. The van der Waals surface area contributed by atoms with Gasteiger partial charge in [0.1, 0.15) is 5.69 Å². The first-order valence-corrected chi connectivity index (χ1v) is 8.24. The second-order valence-electron chi connectivity index (χ2n) is 4.62. The molecular weight excluding hydrogens is 308 g/mol. The van der Waals surface area contributed by atoms with Crippen molar-refractivity contribution in [2.45, 2.75) is 6.54 Å². The Hall–Kier alpha value is -2.26. The van der Waals surface area contributed by atoms with Crippen LogP contribution in [0.5, 0.6) is 0 Å². The fourth-order valence-corrected chi connectivity index (χ4v) is 2.02. The highest BCUT2D eigenvalue weighted by atomic mass is 32.2. The minimum absolute atomic E-state index is 0.125. The van der Waals surface area contributed by atoms with Gasteiger partial charge in [-0.15, -0.1) is 0 Å². The summed E-state index contributed by atoms with van der Waals surface area (Å²) in [7, 11) is -2.06. The number of aromatic nitrogens is 2. The van der Waals surface area contributed by atoms with Gasteiger partial charge in [0.2, 0.25) is 15.9 Å². The fraction of sp³-hybridized carbons (Fsp3) is 0.308. The maximum absolute atomic E-state index is 11.8. The standard InChI is InChI=1S/C13H16N4O4S/c1-17(22(2,19)20)9-12(18)16-8-10-13(15-6-5-14-10)11-4-3-7-21-11/h3-7H,8-9H2,1-2H3,(H,16,18). The van der Waals surface area contributed by atoms with E-state index in [9.17, 15) is 13.2 Å². The smallest absolute Gasteiger partial charge is 0.235 e. The van der Waals surface area contributed by atoms with Crippen molar-refractivity contribution < 1.29 is 17.6 Å². The van der Waals surface area contributed by atoms with E-state index in [1.807, 2.05) is 0 Å². The van der Waals surface area contributed by atoms with E-state index in [-0.39, 0.29) is 13.1 Å². The lowest BCUT2D eigenvalue weighted by atomic mass is 10.2. The largest absolute Gasteiger partial charge is 0.463 e. The number of nitrogens with one attached hydrogen (secondary N) is 1. The van der Waals surface area contributed by atoms with E-state index < -0.39 is 15.9 Å². The lowest BCUT2D eigenvalue weighted by Gasteiger charge is -2.13. The Labute approximate surface area is 128 Å². The van der Waals surface area contributed by atoms with Gasteiger partial charge in [-0.3, -0.25) is 9.78 Å². The van der Waals surface area contributed by atoms with Crippen molar-refractivity contribution in [3.05, 3.63) is 36.5 Å². The summed E-state index contributed by atoms with van der Waals surface area (Å²) in [5.74, 6) is 0.120. The predicted molar refractivity (Wildman–Crippen MR) is 79.1 cm³/mol. The van der Waals surface area contributed by atoms with Gasteiger partial charge in [0, 0.05) is 19.4 Å². The van der Waals surface area contributed by atoms with Crippen LogP contribution in [0.3, 0.4) is 0 Å². The van der Waals surface area contributed by atoms with E-state index >= 15 is 0 Å². The van der Waals surface area contributed by atoms with Gasteiger partial charge in [0.15, 0.2) is 5.76 Å². The predicted octanol–water partition coefficient (Wildman–Crippen LogP) is 0.244. The van der Waals surface area contributed by atoms with E-state index in [0.717, 1.165) is 10.6 Å². The third-order valence-electron chi connectivity index (χ3n) is 2.91. The molecule has 0 saturated carbocycles. The van der Waals surface area contributed by atoms with Crippen molar-refractivity contribution >= 4 is 15.9 Å². The number of hydrogen-bond acceptors (Lipinski definition) is 6. The SMILES string of the molecule is CN(CC(=O)NCc1nccnc1-c1ccco1)S(C)(=O)=O. The number of amides is 1. The average Bonchev–Trinajstić information content (AvgIpc) is 2.98. The zero-order valence-corrected chi connectivity index (χ0v) is 13.0. The summed E-state index contributed by atoms with van der Waals surface area (Å²) in [5.41, 5.74) is 1.07. The molecule has 0 spiro atoms. The van der Waals surface area contributed by atoms with Gasteiger partial charge in [-0.2, -0.15) is 4.31 Å². The van der Waals surface area contributed by atoms with Crippen molar-refractivity contribution in [3.63, 3.8) is 0 Å². The molecule has 1 N–H and O–H groups in total. The molecule has 1 amide bonds. The molecule has 2 heterocycles. The van der Waals surface area contributed by atoms with Crippen LogP contribution >= 0.6 is 0 Å². The highest BCUT2D eigenvalue weighted by Gasteiger charge is 2.16. The number of rotatable bonds is 6. The summed E-state index contributed by atoms with van der Waals surface area (Å²) in [5, 5.41) is 2.62. The van der Waals surface area contributed by atoms with E-state index in [0.29, 0.717) is 17.1 Å². The molecule has 118 valence electrons. The first kappa shape index (κ1) is 16.1. The normalized spacial score (nSPS) is 11.6. The Balaban J connectivity index is 2.02. The van der Waals surface area contributed by atoms with Crippen molar-refractivity contribution in [2.75, 3.05) is 19.8 Å². The summed E-state index contributed by atoms with van der Waals surface area (Å²) >= 11 is 0. The van der Waals surface area contributed by atoms with Gasteiger partial charge in [0.25, 0.3) is 0 Å². The van der Waals surface area contributed by atoms with Crippen molar-refractivity contribution in [1.82, 2.24) is 19.6 Å². The van der Waals surface area contributed by atoms with Crippen molar-refractivity contribution in [2.24, 2.45) is 0 Å². The molecule has 0 aliphatic carbocycles. The number of carbonyl (C=O) groups is 1. The van der Waals surface area contributed by atoms with Crippen molar-refractivity contribution in [3.8, 4) is 11.5 Å². The average molecular weight is 324 g/mol. The monoisotopic (exact) mass is 324 g/mol. The van der Waals surface area contributed by atoms with Gasteiger partial charge in [-0.1, -0.05) is 0 Å². The van der Waals surface area contributed by atoms with E-state index in [2.05, 4.69) is 15.3 Å². The van der Waals surface area contributed by atoms with Crippen LogP contribution in [-0.2, 0) is 21.4 Å². The van der Waals surface area contributed by atoms with Crippen LogP contribution in [0.2, 0.25) is 0 Å². The summed E-state index contributed by atoms with van der Waals surface area (Å²) in [6.07, 6.45) is 5.60. The van der Waals surface area contributed by atoms with Crippen LogP contribution in [0.1, 0.15) is 5.69 Å². The second-order valence-corrected chi connectivity index (χ2v) is 6.71. The maximum Gasteiger partial charge on any atom is 0.235 e. The zero-order valence-electron chi connectivity index (χ0n) is 12.2. The summed E-state index contributed by atoms with van der Waals surface area (Å²) in [4.78, 5) is 20.1. The van der Waals surface area contributed by atoms with Crippen molar-refractivity contribution in [1.29, 1.82) is 0 Å². The Kier molecular flexibility index (Phi) is 4.88. The zero-order chi connectivity index (χ0) is 16.2. The van der Waals surface area contributed by atoms with Crippen LogP contribution in [0, 0.1) is 0 Å². The third-order valence-corrected chi connectivity index (χ3v) is 4.18. The number of carbonyl (C=O) groups excluding carboxylic acids is 1. The highest BCUT2D eigenvalue weighted by Crippen LogP contribution is 2.19. The van der Waals surface area contributed by atoms with Gasteiger partial charge in [-0.05, 0) is 12.1 Å². The molecule has 0 bridgehead atoms. The van der Waals surface area contributed by atoms with Crippen LogP contribution < -0.4 is 5.32 Å². The molecule has 0 saturated heterocycles. The molecule has 22 heavy (non-hydrogen) atoms. The quantitative estimate of drug-likeness (QED) is 0.816. The van der Waals surface area contributed by atoms with Crippen LogP contribution in [0.25, 0.3) is 11.5 Å². The van der Waals surface area contributed by atoms with Gasteiger partial charge >= 0.3 is 0 Å². The Bertz CT molecular complexity index is 743. The Morgan fingerprint density at radius 2 is 2.09 bits per heavy atom. The van der Waals surface area contributed by atoms with Gasteiger partial charge in [0.05, 0.1) is 31.3 Å².